The van der Waals surface area contributed by atoms with Gasteiger partial charge >= 0.3 is 23.9 Å². The van der Waals surface area contributed by atoms with Gasteiger partial charge in [0.15, 0.2) is 0 Å². The molecule has 0 unspecified atom stereocenters. The van der Waals surface area contributed by atoms with E-state index in [-0.39, 0.29) is 66.6 Å². The average Bonchev–Trinajstić information content (AvgIpc) is 3.09. The largest absolute Gasteiger partial charge is 0.459 e. The molecule has 4 aliphatic rings. The Morgan fingerprint density at radius 1 is 0.339 bits per heavy atom. The molecule has 350 valence electrons. The van der Waals surface area contributed by atoms with Crippen LogP contribution in [0.1, 0.15) is 204 Å². The van der Waals surface area contributed by atoms with E-state index in [9.17, 15) is 19.2 Å². The number of carbonyl (C=O) groups excluding carboxylic acids is 4. The summed E-state index contributed by atoms with van der Waals surface area (Å²) in [5.74, 6) is -3.07. The minimum Gasteiger partial charge on any atom is -0.459 e. The Morgan fingerprint density at radius 2 is 0.468 bits per heavy atom. The predicted octanol–water partition coefficient (Wildman–Crippen LogP) is 8.92. The second-order valence-corrected chi connectivity index (χ2v) is 24.4. The normalized spacial score (nSPS) is 26.6. The number of piperidine rings is 4. The molecule has 0 aromatic heterocycles. The second kappa shape index (κ2) is 16.4. The fourth-order valence-electron chi connectivity index (χ4n) is 11.6. The van der Waals surface area contributed by atoms with E-state index in [1.807, 2.05) is 0 Å². The van der Waals surface area contributed by atoms with Crippen molar-refractivity contribution in [1.29, 1.82) is 0 Å². The van der Waals surface area contributed by atoms with Gasteiger partial charge in [0.1, 0.15) is 24.4 Å². The standard InChI is InChI=1S/C50H82N4O8/c1-43(2)23-31(24-44(3,4)51(43)17)59-39(55)35-21-37(41(57)61-33-27-47(9,10)53(19)48(11,12)28-33)38(42(58)62-34-29-49(13,14)54(20)50(15,16)30-34)22-36(35)40(56)60-32-25-45(5,6)52(18)46(7,8)26-32/h21-22,31-34H,23-30H2,1-20H3. The van der Waals surface area contributed by atoms with Gasteiger partial charge in [-0.25, -0.2) is 19.2 Å². The van der Waals surface area contributed by atoms with Crippen LogP contribution >= 0.6 is 0 Å². The number of hydrogen-bond acceptors (Lipinski definition) is 12. The third-order valence-corrected chi connectivity index (χ3v) is 16.2. The Kier molecular flexibility index (Phi) is 13.2. The fraction of sp³-hybridized carbons (Fsp3) is 0.800. The van der Waals surface area contributed by atoms with Crippen LogP contribution in [0.3, 0.4) is 0 Å². The van der Waals surface area contributed by atoms with Gasteiger partial charge in [-0.1, -0.05) is 0 Å². The molecule has 0 atom stereocenters. The SMILES string of the molecule is CN1C(C)(C)CC(OC(=O)c2cc(C(=O)OC3CC(C)(C)N(C)C(C)(C)C3)c(C(=O)OC3CC(C)(C)N(C)C(C)(C)C3)cc2C(=O)OC2CC(C)(C)N(C)C(C)(C)C2)CC1(C)C. The molecule has 4 heterocycles. The van der Waals surface area contributed by atoms with Gasteiger partial charge in [0.05, 0.1) is 22.3 Å². The molecule has 5 rings (SSSR count). The van der Waals surface area contributed by atoms with Crippen molar-refractivity contribution >= 4 is 23.9 Å². The van der Waals surface area contributed by atoms with Crippen molar-refractivity contribution in [3.63, 3.8) is 0 Å². The molecule has 0 radical (unpaired) electrons. The number of benzene rings is 1. The molecule has 0 bridgehead atoms. The van der Waals surface area contributed by atoms with Crippen LogP contribution in [-0.2, 0) is 18.9 Å². The van der Waals surface area contributed by atoms with Crippen molar-refractivity contribution in [2.75, 3.05) is 28.2 Å². The lowest BCUT2D eigenvalue weighted by Crippen LogP contribution is -2.60. The van der Waals surface area contributed by atoms with Crippen LogP contribution in [-0.4, -0.2) is 140 Å². The van der Waals surface area contributed by atoms with Crippen molar-refractivity contribution in [3.05, 3.63) is 34.4 Å². The molecule has 0 amide bonds. The van der Waals surface area contributed by atoms with Gasteiger partial charge in [0.25, 0.3) is 0 Å². The number of esters is 4. The summed E-state index contributed by atoms with van der Waals surface area (Å²) in [5, 5.41) is 0. The third-order valence-electron chi connectivity index (χ3n) is 16.2. The van der Waals surface area contributed by atoms with Crippen LogP contribution in [0.5, 0.6) is 0 Å². The first-order valence-electron chi connectivity index (χ1n) is 22.9. The summed E-state index contributed by atoms with van der Waals surface area (Å²) >= 11 is 0. The lowest BCUT2D eigenvalue weighted by atomic mass is 9.78. The van der Waals surface area contributed by atoms with E-state index < -0.39 is 48.3 Å². The first-order chi connectivity index (χ1) is 27.9. The van der Waals surface area contributed by atoms with E-state index in [1.54, 1.807) is 0 Å². The van der Waals surface area contributed by atoms with E-state index in [1.165, 1.54) is 12.1 Å². The van der Waals surface area contributed by atoms with E-state index in [2.05, 4.69) is 159 Å². The molecule has 4 aliphatic heterocycles. The molecule has 1 aromatic rings. The second-order valence-electron chi connectivity index (χ2n) is 24.4. The highest BCUT2D eigenvalue weighted by atomic mass is 16.6. The third kappa shape index (κ3) is 10.1. The summed E-state index contributed by atoms with van der Waals surface area (Å²) < 4.78 is 25.3. The Labute approximate surface area is 374 Å². The predicted molar refractivity (Wildman–Crippen MR) is 244 cm³/mol. The van der Waals surface area contributed by atoms with E-state index in [0.29, 0.717) is 51.4 Å². The molecule has 12 heteroatoms. The number of likely N-dealkylation sites (tertiary alicyclic amines) is 4. The maximum Gasteiger partial charge on any atom is 0.339 e. The van der Waals surface area contributed by atoms with Gasteiger partial charge in [0, 0.05) is 95.7 Å². The lowest BCUT2D eigenvalue weighted by Gasteiger charge is -2.53. The van der Waals surface area contributed by atoms with Crippen LogP contribution in [0.2, 0.25) is 0 Å². The van der Waals surface area contributed by atoms with Crippen LogP contribution in [0.25, 0.3) is 0 Å². The summed E-state index contributed by atoms with van der Waals surface area (Å²) in [6.45, 7) is 33.9. The molecule has 0 N–H and O–H groups in total. The van der Waals surface area contributed by atoms with E-state index in [0.717, 1.165) is 0 Å². The van der Waals surface area contributed by atoms with Crippen molar-refractivity contribution in [2.24, 2.45) is 0 Å². The van der Waals surface area contributed by atoms with E-state index >= 15 is 0 Å². The molecule has 0 aliphatic carbocycles. The number of nitrogens with zero attached hydrogens (tertiary/aromatic N) is 4. The van der Waals surface area contributed by atoms with Crippen molar-refractivity contribution in [2.45, 2.75) is 231 Å². The first kappa shape index (κ1) is 49.9. The fourth-order valence-corrected chi connectivity index (χ4v) is 11.6. The van der Waals surface area contributed by atoms with Gasteiger partial charge in [0.2, 0.25) is 0 Å². The first-order valence-corrected chi connectivity index (χ1v) is 22.9. The quantitative estimate of drug-likeness (QED) is 0.184. The van der Waals surface area contributed by atoms with Gasteiger partial charge in [-0.3, -0.25) is 19.6 Å². The molecule has 4 saturated heterocycles. The molecule has 0 spiro atoms. The van der Waals surface area contributed by atoms with Crippen LogP contribution in [0.4, 0.5) is 0 Å². The van der Waals surface area contributed by atoms with Crippen molar-refractivity contribution < 1.29 is 38.1 Å². The molecule has 62 heavy (non-hydrogen) atoms. The number of carbonyl (C=O) groups is 4. The minimum absolute atomic E-state index is 0.148. The zero-order valence-electron chi connectivity index (χ0n) is 42.2. The van der Waals surface area contributed by atoms with Gasteiger partial charge < -0.3 is 18.9 Å². The maximum absolute atomic E-state index is 14.7. The van der Waals surface area contributed by atoms with Crippen molar-refractivity contribution in [1.82, 2.24) is 19.6 Å². The number of ether oxygens (including phenoxy) is 4. The summed E-state index contributed by atoms with van der Waals surface area (Å²) in [7, 11) is 8.31. The summed E-state index contributed by atoms with van der Waals surface area (Å²) in [4.78, 5) is 68.0. The average molecular weight is 867 g/mol. The van der Waals surface area contributed by atoms with Crippen LogP contribution in [0.15, 0.2) is 12.1 Å². The summed E-state index contributed by atoms with van der Waals surface area (Å²) in [5.41, 5.74) is -2.95. The maximum atomic E-state index is 14.7. The highest BCUT2D eigenvalue weighted by molar-refractivity contribution is 6.10. The zero-order chi connectivity index (χ0) is 47.1. The smallest absolute Gasteiger partial charge is 0.339 e. The highest BCUT2D eigenvalue weighted by Crippen LogP contribution is 2.43. The van der Waals surface area contributed by atoms with Gasteiger partial charge in [-0.05, 0) is 151 Å². The molecular formula is C50H82N4O8. The zero-order valence-corrected chi connectivity index (χ0v) is 42.2. The van der Waals surface area contributed by atoms with E-state index in [4.69, 9.17) is 18.9 Å². The Bertz CT molecular complexity index is 1570. The van der Waals surface area contributed by atoms with Crippen LogP contribution in [0, 0.1) is 0 Å². The van der Waals surface area contributed by atoms with Gasteiger partial charge in [-0.15, -0.1) is 0 Å². The molecule has 0 saturated carbocycles. The Balaban J connectivity index is 1.63. The highest BCUT2D eigenvalue weighted by Gasteiger charge is 2.49. The monoisotopic (exact) mass is 867 g/mol. The summed E-state index contributed by atoms with van der Waals surface area (Å²) in [6.07, 6.45) is 2.53. The minimum atomic E-state index is -0.767. The van der Waals surface area contributed by atoms with Crippen molar-refractivity contribution in [3.8, 4) is 0 Å². The Hall–Kier alpha value is -3.06. The Morgan fingerprint density at radius 3 is 0.597 bits per heavy atom. The number of hydrogen-bond donors (Lipinski definition) is 0. The summed E-state index contributed by atoms with van der Waals surface area (Å²) in [6, 6.07) is 2.64. The van der Waals surface area contributed by atoms with Gasteiger partial charge in [-0.2, -0.15) is 0 Å². The lowest BCUT2D eigenvalue weighted by molar-refractivity contribution is -0.0756. The molecule has 4 fully saturated rings. The molecule has 12 nitrogen and oxygen atoms in total. The molecule has 1 aromatic carbocycles. The topological polar surface area (TPSA) is 118 Å². The van der Waals surface area contributed by atoms with Crippen LogP contribution < -0.4 is 0 Å². The molecular weight excluding hydrogens is 785 g/mol. The number of rotatable bonds is 8.